The zero-order chi connectivity index (χ0) is 23.8. The van der Waals surface area contributed by atoms with Gasteiger partial charge in [-0.1, -0.05) is 41.9 Å². The number of hydrogen-bond acceptors (Lipinski definition) is 5. The Kier molecular flexibility index (Phi) is 15.5. The predicted molar refractivity (Wildman–Crippen MR) is 128 cm³/mol. The van der Waals surface area contributed by atoms with Crippen molar-refractivity contribution in [2.24, 2.45) is 11.8 Å². The van der Waals surface area contributed by atoms with Gasteiger partial charge in [-0.3, -0.25) is 19.8 Å². The number of carbonyl (C=O) groups excluding carboxylic acids is 2. The van der Waals surface area contributed by atoms with E-state index in [1.807, 2.05) is 0 Å². The van der Waals surface area contributed by atoms with E-state index in [0.717, 1.165) is 25.7 Å². The largest absolute Gasteiger partial charge is 0.481 e. The maximum Gasteiger partial charge on any atom is 0.304 e. The Hall–Kier alpha value is -2.06. The van der Waals surface area contributed by atoms with Gasteiger partial charge in [-0.05, 0) is 53.4 Å². The molecule has 176 valence electrons. The fraction of sp³-hybridized carbons (Fsp3) is 0.609. The van der Waals surface area contributed by atoms with E-state index in [-0.39, 0.29) is 6.42 Å². The van der Waals surface area contributed by atoms with Gasteiger partial charge in [-0.25, -0.2) is 5.84 Å². The van der Waals surface area contributed by atoms with Crippen molar-refractivity contribution in [2.75, 3.05) is 11.5 Å². The molecule has 0 saturated heterocycles. The van der Waals surface area contributed by atoms with Crippen LogP contribution in [0.5, 0.6) is 0 Å². The number of amides is 2. The molecule has 0 aliphatic rings. The maximum absolute atomic E-state index is 12.1. The summed E-state index contributed by atoms with van der Waals surface area (Å²) in [5.41, 5.74) is 6.08. The van der Waals surface area contributed by atoms with Gasteiger partial charge >= 0.3 is 5.97 Å². The van der Waals surface area contributed by atoms with E-state index in [1.165, 1.54) is 35.4 Å². The normalized spacial score (nSPS) is 13.9. The van der Waals surface area contributed by atoms with E-state index in [4.69, 9.17) is 10.9 Å². The summed E-state index contributed by atoms with van der Waals surface area (Å²) in [5, 5.41) is 11.4. The van der Waals surface area contributed by atoms with Gasteiger partial charge in [0.2, 0.25) is 5.91 Å². The number of nitrogens with one attached hydrogen (secondary N) is 2. The molecule has 8 heteroatoms. The molecule has 0 rings (SSSR count). The van der Waals surface area contributed by atoms with Crippen molar-refractivity contribution in [3.63, 3.8) is 0 Å². The monoisotopic (exact) mass is 453 g/mol. The highest BCUT2D eigenvalue weighted by molar-refractivity contribution is 7.99. The van der Waals surface area contributed by atoms with Crippen LogP contribution >= 0.6 is 11.8 Å². The fourth-order valence-electron chi connectivity index (χ4n) is 2.68. The lowest BCUT2D eigenvalue weighted by Gasteiger charge is -2.18. The molecule has 0 aliphatic carbocycles. The lowest BCUT2D eigenvalue weighted by Crippen LogP contribution is -2.51. The Labute approximate surface area is 191 Å². The average molecular weight is 454 g/mol. The number of aliphatic carboxylic acids is 1. The highest BCUT2D eigenvalue weighted by Crippen LogP contribution is 2.13. The number of allylic oxidation sites excluding steroid dienone is 5. The summed E-state index contributed by atoms with van der Waals surface area (Å²) in [6.45, 7) is 10.00. The molecule has 7 nitrogen and oxygen atoms in total. The van der Waals surface area contributed by atoms with Crippen LogP contribution < -0.4 is 16.6 Å². The molecule has 0 fully saturated rings. The molecule has 0 aromatic carbocycles. The second-order valence-corrected chi connectivity index (χ2v) is 9.14. The van der Waals surface area contributed by atoms with Crippen LogP contribution in [-0.4, -0.2) is 40.4 Å². The molecule has 5 N–H and O–H groups in total. The molecule has 0 aromatic heterocycles. The summed E-state index contributed by atoms with van der Waals surface area (Å²) in [5.74, 6) is 3.50. The van der Waals surface area contributed by atoms with Crippen molar-refractivity contribution >= 4 is 29.5 Å². The lowest BCUT2D eigenvalue weighted by molar-refractivity contribution is -0.141. The first-order valence-electron chi connectivity index (χ1n) is 10.6. The topological polar surface area (TPSA) is 122 Å². The number of carboxylic acids is 1. The molecule has 31 heavy (non-hydrogen) atoms. The molecular weight excluding hydrogens is 414 g/mol. The Morgan fingerprint density at radius 1 is 0.968 bits per heavy atom. The molecule has 0 radical (unpaired) electrons. The molecule has 2 atom stereocenters. The van der Waals surface area contributed by atoms with Crippen LogP contribution in [0.2, 0.25) is 0 Å². The van der Waals surface area contributed by atoms with Crippen LogP contribution in [0.1, 0.15) is 66.7 Å². The van der Waals surface area contributed by atoms with E-state index >= 15 is 0 Å². The number of carbonyl (C=O) groups is 3. The van der Waals surface area contributed by atoms with Crippen molar-refractivity contribution < 1.29 is 19.5 Å². The Morgan fingerprint density at radius 2 is 1.55 bits per heavy atom. The van der Waals surface area contributed by atoms with E-state index in [2.05, 4.69) is 56.7 Å². The van der Waals surface area contributed by atoms with E-state index in [1.54, 1.807) is 0 Å². The number of rotatable bonds is 15. The quantitative estimate of drug-likeness (QED) is 0.0985. The Morgan fingerprint density at radius 3 is 2.10 bits per heavy atom. The van der Waals surface area contributed by atoms with Gasteiger partial charge in [-0.15, -0.1) is 0 Å². The zero-order valence-electron chi connectivity index (χ0n) is 19.5. The van der Waals surface area contributed by atoms with Gasteiger partial charge in [0.05, 0.1) is 6.42 Å². The van der Waals surface area contributed by atoms with Crippen LogP contribution in [0.4, 0.5) is 0 Å². The highest BCUT2D eigenvalue weighted by atomic mass is 32.2. The number of hydrogen-bond donors (Lipinski definition) is 4. The smallest absolute Gasteiger partial charge is 0.304 e. The van der Waals surface area contributed by atoms with E-state index in [9.17, 15) is 14.4 Å². The average Bonchev–Trinajstić information content (AvgIpc) is 2.68. The molecule has 2 amide bonds. The maximum atomic E-state index is 12.1. The third kappa shape index (κ3) is 15.4. The summed E-state index contributed by atoms with van der Waals surface area (Å²) in [7, 11) is 0. The zero-order valence-corrected chi connectivity index (χ0v) is 20.3. The van der Waals surface area contributed by atoms with Crippen LogP contribution in [0.15, 0.2) is 34.9 Å². The summed E-state index contributed by atoms with van der Waals surface area (Å²) in [4.78, 5) is 34.8. The molecule has 0 spiro atoms. The van der Waals surface area contributed by atoms with Crippen LogP contribution in [0, 0.1) is 5.92 Å². The molecule has 0 aromatic rings. The first-order chi connectivity index (χ1) is 14.6. The predicted octanol–water partition coefficient (Wildman–Crippen LogP) is 3.72. The second-order valence-electron chi connectivity index (χ2n) is 8.07. The first kappa shape index (κ1) is 28.9. The first-order valence-corrected chi connectivity index (χ1v) is 11.8. The molecule has 0 saturated carbocycles. The number of carboxylic acid groups (broad SMARTS) is 1. The summed E-state index contributed by atoms with van der Waals surface area (Å²) in [6.07, 6.45) is 10.5. The Balaban J connectivity index is 4.43. The van der Waals surface area contributed by atoms with Crippen LogP contribution in [-0.2, 0) is 14.4 Å². The van der Waals surface area contributed by atoms with Gasteiger partial charge in [0.25, 0.3) is 5.91 Å². The Bertz CT molecular complexity index is 682. The number of hydrazine groups is 1. The third-order valence-corrected chi connectivity index (χ3v) is 5.63. The fourth-order valence-corrected chi connectivity index (χ4v) is 3.69. The van der Waals surface area contributed by atoms with Gasteiger partial charge in [0, 0.05) is 17.4 Å². The molecule has 0 unspecified atom stereocenters. The van der Waals surface area contributed by atoms with Gasteiger partial charge in [0.1, 0.15) is 6.04 Å². The highest BCUT2D eigenvalue weighted by Gasteiger charge is 2.24. The second kappa shape index (κ2) is 16.6. The van der Waals surface area contributed by atoms with Crippen LogP contribution in [0.25, 0.3) is 0 Å². The van der Waals surface area contributed by atoms with Gasteiger partial charge in [0.15, 0.2) is 0 Å². The van der Waals surface area contributed by atoms with Crippen molar-refractivity contribution in [3.05, 3.63) is 34.9 Å². The van der Waals surface area contributed by atoms with Crippen molar-refractivity contribution in [1.82, 2.24) is 10.7 Å². The summed E-state index contributed by atoms with van der Waals surface area (Å²) < 4.78 is 0. The van der Waals surface area contributed by atoms with Gasteiger partial charge in [-0.2, -0.15) is 11.8 Å². The number of nitrogens with two attached hydrogens (primary N) is 1. The van der Waals surface area contributed by atoms with Crippen LogP contribution in [0.3, 0.4) is 0 Å². The third-order valence-electron chi connectivity index (χ3n) is 4.66. The van der Waals surface area contributed by atoms with E-state index < -0.39 is 29.7 Å². The molecule has 0 bridgehead atoms. The van der Waals surface area contributed by atoms with Crippen molar-refractivity contribution in [3.8, 4) is 0 Å². The molecule has 0 aliphatic heterocycles. The van der Waals surface area contributed by atoms with Gasteiger partial charge < -0.3 is 10.4 Å². The minimum atomic E-state index is -1.06. The standard InChI is InChI=1S/C23H39N3O4S/c1-16(2)8-6-9-17(3)10-7-11-18(4)12-13-31-15-20(23(30)26-24)25-22(29)19(5)14-21(27)28/h8,10,12,19-20H,6-7,9,11,13-15,24H2,1-5H3,(H,25,29)(H,26,30)(H,27,28)/t19-,20+/m1/s1. The van der Waals surface area contributed by atoms with Crippen molar-refractivity contribution in [2.45, 2.75) is 72.8 Å². The molecular formula is C23H39N3O4S. The molecule has 0 heterocycles. The van der Waals surface area contributed by atoms with E-state index in [0.29, 0.717) is 11.5 Å². The minimum Gasteiger partial charge on any atom is -0.481 e. The van der Waals surface area contributed by atoms with Crippen molar-refractivity contribution in [1.29, 1.82) is 0 Å². The minimum absolute atomic E-state index is 0.291. The summed E-state index contributed by atoms with van der Waals surface area (Å²) >= 11 is 1.51. The summed E-state index contributed by atoms with van der Waals surface area (Å²) in [6, 6.07) is -0.807. The lowest BCUT2D eigenvalue weighted by atomic mass is 10.1. The number of thioether (sulfide) groups is 1. The SMILES string of the molecule is CC(C)=CCCC(C)=CCCC(C)=CCSC[C@H](NC(=O)[C@H](C)CC(=O)O)C(=O)NN.